The van der Waals surface area contributed by atoms with Crippen molar-refractivity contribution in [2.75, 3.05) is 23.7 Å². The average Bonchev–Trinajstić information content (AvgIpc) is 3.49. The van der Waals surface area contributed by atoms with Gasteiger partial charge >= 0.3 is 6.09 Å². The normalized spacial score (nSPS) is 22.5. The third-order valence-corrected chi connectivity index (χ3v) is 9.15. The summed E-state index contributed by atoms with van der Waals surface area (Å²) in [5.74, 6) is 1.34. The number of aromatic nitrogens is 4. The standard InChI is InChI=1S/C29H38N8O3S/c1-17-16-37(26(38)39-27(2,3)4)28(5,6)12-14-36(17)25-32-13-10-19(33-25)23-34-24(40-35-23)29(7)11-8-9-20-21(29)18(15-30)22(31)41-20/h10,13,17H,8-9,11-12,14,16,31H2,1-7H3/t17-,29-/m0/s1. The largest absolute Gasteiger partial charge is 0.444 e. The number of ether oxygens (including phenoxy) is 1. The molecule has 2 atom stereocenters. The molecule has 3 aromatic rings. The van der Waals surface area contributed by atoms with Gasteiger partial charge in [-0.05, 0) is 80.2 Å². The summed E-state index contributed by atoms with van der Waals surface area (Å²) in [5, 5.41) is 14.6. The van der Waals surface area contributed by atoms with Crippen molar-refractivity contribution in [1.29, 1.82) is 5.26 Å². The molecule has 4 heterocycles. The van der Waals surface area contributed by atoms with Crippen LogP contribution in [0.4, 0.5) is 15.7 Å². The molecule has 1 fully saturated rings. The van der Waals surface area contributed by atoms with E-state index in [0.29, 0.717) is 53.4 Å². The number of amides is 1. The summed E-state index contributed by atoms with van der Waals surface area (Å²) in [4.78, 5) is 32.3. The summed E-state index contributed by atoms with van der Waals surface area (Å²) in [7, 11) is 0. The quantitative estimate of drug-likeness (QED) is 0.434. The lowest BCUT2D eigenvalue weighted by Gasteiger charge is -2.38. The molecule has 5 rings (SSSR count). The summed E-state index contributed by atoms with van der Waals surface area (Å²) >= 11 is 1.47. The van der Waals surface area contributed by atoms with Crippen molar-refractivity contribution in [1.82, 2.24) is 25.0 Å². The van der Waals surface area contributed by atoms with Gasteiger partial charge in [-0.2, -0.15) is 10.2 Å². The summed E-state index contributed by atoms with van der Waals surface area (Å²) < 4.78 is 11.5. The minimum absolute atomic E-state index is 0.0617. The number of nitrogens with two attached hydrogens (primary N) is 1. The fourth-order valence-electron chi connectivity index (χ4n) is 5.77. The number of hydrogen-bond donors (Lipinski definition) is 1. The summed E-state index contributed by atoms with van der Waals surface area (Å²) in [6, 6.07) is 3.98. The van der Waals surface area contributed by atoms with Crippen LogP contribution in [0.1, 0.15) is 89.6 Å². The number of nitrogens with zero attached hydrogens (tertiary/aromatic N) is 7. The van der Waals surface area contributed by atoms with Crippen molar-refractivity contribution in [3.63, 3.8) is 0 Å². The van der Waals surface area contributed by atoms with Gasteiger partial charge in [0.15, 0.2) is 0 Å². The Bertz CT molecular complexity index is 1500. The molecule has 218 valence electrons. The van der Waals surface area contributed by atoms with Crippen molar-refractivity contribution in [3.8, 4) is 17.6 Å². The molecular weight excluding hydrogens is 540 g/mol. The second-order valence-electron chi connectivity index (χ2n) is 12.8. The smallest absolute Gasteiger partial charge is 0.410 e. The van der Waals surface area contributed by atoms with Crippen molar-refractivity contribution in [2.45, 2.75) is 96.7 Å². The monoisotopic (exact) mass is 578 g/mol. The van der Waals surface area contributed by atoms with Gasteiger partial charge in [-0.25, -0.2) is 14.8 Å². The van der Waals surface area contributed by atoms with Crippen LogP contribution in [-0.4, -0.2) is 61.4 Å². The van der Waals surface area contributed by atoms with Crippen LogP contribution in [0.3, 0.4) is 0 Å². The van der Waals surface area contributed by atoms with E-state index in [1.165, 1.54) is 11.3 Å². The Balaban J connectivity index is 1.42. The Kier molecular flexibility index (Phi) is 7.22. The number of nitrogen functional groups attached to an aromatic ring is 1. The number of thiophene rings is 1. The molecule has 0 unspecified atom stereocenters. The maximum atomic E-state index is 13.1. The van der Waals surface area contributed by atoms with Gasteiger partial charge in [0, 0.05) is 41.3 Å². The first kappa shape index (κ1) is 28.8. The van der Waals surface area contributed by atoms with Crippen LogP contribution in [-0.2, 0) is 16.6 Å². The van der Waals surface area contributed by atoms with Crippen LogP contribution in [0.15, 0.2) is 16.8 Å². The topological polar surface area (TPSA) is 147 Å². The number of fused-ring (bicyclic) bond motifs is 1. The third-order valence-electron chi connectivity index (χ3n) is 8.07. The number of nitriles is 1. The van der Waals surface area contributed by atoms with Crippen molar-refractivity contribution in [2.24, 2.45) is 0 Å². The number of aryl methyl sites for hydroxylation is 1. The highest BCUT2D eigenvalue weighted by molar-refractivity contribution is 7.16. The molecule has 41 heavy (non-hydrogen) atoms. The number of rotatable bonds is 3. The van der Waals surface area contributed by atoms with Gasteiger partial charge in [0.25, 0.3) is 0 Å². The summed E-state index contributed by atoms with van der Waals surface area (Å²) in [6.45, 7) is 15.0. The van der Waals surface area contributed by atoms with Gasteiger partial charge in [-0.1, -0.05) is 5.16 Å². The second kappa shape index (κ2) is 10.3. The van der Waals surface area contributed by atoms with Crippen molar-refractivity contribution < 1.29 is 14.1 Å². The number of anilines is 2. The first-order valence-corrected chi connectivity index (χ1v) is 14.8. The lowest BCUT2D eigenvalue weighted by Crippen LogP contribution is -2.51. The zero-order valence-corrected chi connectivity index (χ0v) is 25.6. The van der Waals surface area contributed by atoms with E-state index in [-0.39, 0.29) is 12.1 Å². The van der Waals surface area contributed by atoms with E-state index in [9.17, 15) is 10.1 Å². The predicted octanol–water partition coefficient (Wildman–Crippen LogP) is 5.30. The van der Waals surface area contributed by atoms with Gasteiger partial charge in [0.05, 0.1) is 11.0 Å². The van der Waals surface area contributed by atoms with Crippen LogP contribution in [0.25, 0.3) is 11.5 Å². The highest BCUT2D eigenvalue weighted by Crippen LogP contribution is 2.48. The first-order valence-electron chi connectivity index (χ1n) is 14.0. The SMILES string of the molecule is C[C@H]1CN(C(=O)OC(C)(C)C)C(C)(C)CCN1c1nccc(-c2noc([C@@]3(C)CCCc4sc(N)c(C#N)c43)n2)n1. The molecule has 0 spiro atoms. The summed E-state index contributed by atoms with van der Waals surface area (Å²) in [5.41, 5.74) is 6.54. The highest BCUT2D eigenvalue weighted by Gasteiger charge is 2.43. The molecule has 1 amide bonds. The number of hydrogen-bond acceptors (Lipinski definition) is 11. The molecule has 3 aromatic heterocycles. The maximum Gasteiger partial charge on any atom is 0.410 e. The minimum Gasteiger partial charge on any atom is -0.444 e. The lowest BCUT2D eigenvalue weighted by atomic mass is 9.72. The first-order chi connectivity index (χ1) is 19.2. The van der Waals surface area contributed by atoms with Crippen LogP contribution >= 0.6 is 11.3 Å². The Morgan fingerprint density at radius 2 is 2.02 bits per heavy atom. The van der Waals surface area contributed by atoms with Crippen LogP contribution in [0.5, 0.6) is 0 Å². The molecule has 0 radical (unpaired) electrons. The third kappa shape index (κ3) is 5.35. The van der Waals surface area contributed by atoms with E-state index < -0.39 is 16.6 Å². The molecule has 1 aliphatic heterocycles. The Morgan fingerprint density at radius 3 is 2.73 bits per heavy atom. The fourth-order valence-corrected chi connectivity index (χ4v) is 6.96. The van der Waals surface area contributed by atoms with E-state index in [2.05, 4.69) is 41.9 Å². The van der Waals surface area contributed by atoms with Crippen LogP contribution in [0, 0.1) is 11.3 Å². The molecule has 2 aliphatic rings. The van der Waals surface area contributed by atoms with Gasteiger partial charge < -0.3 is 24.8 Å². The molecule has 12 heteroatoms. The predicted molar refractivity (Wildman–Crippen MR) is 157 cm³/mol. The lowest BCUT2D eigenvalue weighted by molar-refractivity contribution is 0.00352. The van der Waals surface area contributed by atoms with Gasteiger partial charge in [-0.3, -0.25) is 0 Å². The average molecular weight is 579 g/mol. The molecule has 1 saturated heterocycles. The highest BCUT2D eigenvalue weighted by atomic mass is 32.1. The van der Waals surface area contributed by atoms with Gasteiger partial charge in [0.1, 0.15) is 22.4 Å². The van der Waals surface area contributed by atoms with Crippen LogP contribution in [0.2, 0.25) is 0 Å². The van der Waals surface area contributed by atoms with E-state index in [0.717, 1.165) is 29.7 Å². The maximum absolute atomic E-state index is 13.1. The van der Waals surface area contributed by atoms with E-state index in [1.807, 2.05) is 32.6 Å². The minimum atomic E-state index is -0.607. The van der Waals surface area contributed by atoms with Gasteiger partial charge in [0.2, 0.25) is 17.7 Å². The van der Waals surface area contributed by atoms with E-state index in [4.69, 9.17) is 25.0 Å². The molecule has 11 nitrogen and oxygen atoms in total. The molecule has 2 N–H and O–H groups in total. The van der Waals surface area contributed by atoms with Crippen molar-refractivity contribution >= 4 is 28.4 Å². The molecule has 0 aromatic carbocycles. The zero-order chi connectivity index (χ0) is 29.7. The molecular formula is C29H38N8O3S. The Labute approximate surface area is 244 Å². The van der Waals surface area contributed by atoms with Crippen LogP contribution < -0.4 is 10.6 Å². The molecule has 0 saturated carbocycles. The second-order valence-corrected chi connectivity index (χ2v) is 13.9. The Morgan fingerprint density at radius 1 is 1.27 bits per heavy atom. The number of carbonyl (C=O) groups excluding carboxylic acids is 1. The van der Waals surface area contributed by atoms with E-state index in [1.54, 1.807) is 12.3 Å². The molecule has 1 aliphatic carbocycles. The summed E-state index contributed by atoms with van der Waals surface area (Å²) in [6.07, 6.45) is 4.67. The van der Waals surface area contributed by atoms with Crippen molar-refractivity contribution in [3.05, 3.63) is 34.2 Å². The fraction of sp³-hybridized carbons (Fsp3) is 0.586. The molecule has 0 bridgehead atoms. The number of carbonyl (C=O) groups is 1. The Hall–Kier alpha value is -3.72. The zero-order valence-electron chi connectivity index (χ0n) is 24.8. The van der Waals surface area contributed by atoms with Gasteiger partial charge in [-0.15, -0.1) is 11.3 Å². The van der Waals surface area contributed by atoms with E-state index >= 15 is 0 Å².